The summed E-state index contributed by atoms with van der Waals surface area (Å²) in [5.74, 6) is 0.0714. The standard InChI is InChI=1S/C13H10Br2N2S/c14-8-4-6-9(7-5-8)18-11-3-1-2-10(15)12(11)13(16)17/h1-7H,(H3,16,17). The summed E-state index contributed by atoms with van der Waals surface area (Å²) in [5.41, 5.74) is 6.37. The first kappa shape index (κ1) is 13.6. The largest absolute Gasteiger partial charge is 0.384 e. The zero-order valence-electron chi connectivity index (χ0n) is 9.28. The SMILES string of the molecule is N=C(N)c1c(Br)cccc1Sc1ccc(Br)cc1. The zero-order chi connectivity index (χ0) is 13.1. The fourth-order valence-corrected chi connectivity index (χ4v) is 3.45. The van der Waals surface area contributed by atoms with E-state index in [1.165, 1.54) is 0 Å². The molecule has 0 aliphatic carbocycles. The maximum Gasteiger partial charge on any atom is 0.125 e. The Balaban J connectivity index is 2.37. The maximum atomic E-state index is 7.64. The minimum absolute atomic E-state index is 0.0714. The smallest absolute Gasteiger partial charge is 0.125 e. The van der Waals surface area contributed by atoms with E-state index in [-0.39, 0.29) is 5.84 Å². The van der Waals surface area contributed by atoms with Crippen LogP contribution < -0.4 is 5.73 Å². The van der Waals surface area contributed by atoms with Crippen LogP contribution in [0.2, 0.25) is 0 Å². The Morgan fingerprint density at radius 1 is 1.06 bits per heavy atom. The molecular formula is C13H10Br2N2S. The van der Waals surface area contributed by atoms with Crippen LogP contribution in [0.1, 0.15) is 5.56 Å². The zero-order valence-corrected chi connectivity index (χ0v) is 13.3. The third kappa shape index (κ3) is 3.16. The van der Waals surface area contributed by atoms with E-state index in [0.717, 1.165) is 24.3 Å². The van der Waals surface area contributed by atoms with Gasteiger partial charge < -0.3 is 5.73 Å². The fraction of sp³-hybridized carbons (Fsp3) is 0. The maximum absolute atomic E-state index is 7.64. The number of hydrogen-bond acceptors (Lipinski definition) is 2. The van der Waals surface area contributed by atoms with Crippen molar-refractivity contribution in [2.24, 2.45) is 5.73 Å². The second-order valence-corrected chi connectivity index (χ2v) is 6.47. The lowest BCUT2D eigenvalue weighted by Crippen LogP contribution is -2.13. The predicted molar refractivity (Wildman–Crippen MR) is 83.4 cm³/mol. The molecule has 0 spiro atoms. The molecule has 0 radical (unpaired) electrons. The van der Waals surface area contributed by atoms with Crippen molar-refractivity contribution in [1.29, 1.82) is 5.41 Å². The molecule has 2 aromatic carbocycles. The number of nitrogens with one attached hydrogen (secondary N) is 1. The van der Waals surface area contributed by atoms with Crippen molar-refractivity contribution in [3.05, 3.63) is 57.0 Å². The van der Waals surface area contributed by atoms with Gasteiger partial charge in [0.15, 0.2) is 0 Å². The lowest BCUT2D eigenvalue weighted by Gasteiger charge is -2.09. The average molecular weight is 386 g/mol. The molecule has 0 aliphatic rings. The average Bonchev–Trinajstić information content (AvgIpc) is 2.32. The van der Waals surface area contributed by atoms with Crippen molar-refractivity contribution in [2.75, 3.05) is 0 Å². The summed E-state index contributed by atoms with van der Waals surface area (Å²) in [6.07, 6.45) is 0. The van der Waals surface area contributed by atoms with Crippen molar-refractivity contribution in [3.63, 3.8) is 0 Å². The molecule has 0 amide bonds. The van der Waals surface area contributed by atoms with Crippen LogP contribution in [0.25, 0.3) is 0 Å². The van der Waals surface area contributed by atoms with Crippen LogP contribution in [0.4, 0.5) is 0 Å². The van der Waals surface area contributed by atoms with Gasteiger partial charge in [-0.05, 0) is 52.3 Å². The molecule has 5 heteroatoms. The van der Waals surface area contributed by atoms with Crippen molar-refractivity contribution in [2.45, 2.75) is 9.79 Å². The topological polar surface area (TPSA) is 49.9 Å². The minimum atomic E-state index is 0.0714. The van der Waals surface area contributed by atoms with Gasteiger partial charge in [-0.2, -0.15) is 0 Å². The van der Waals surface area contributed by atoms with Crippen molar-refractivity contribution >= 4 is 49.5 Å². The molecule has 0 bridgehead atoms. The van der Waals surface area contributed by atoms with Gasteiger partial charge in [0.1, 0.15) is 5.84 Å². The summed E-state index contributed by atoms with van der Waals surface area (Å²) in [4.78, 5) is 2.08. The van der Waals surface area contributed by atoms with E-state index in [2.05, 4.69) is 31.9 Å². The second kappa shape index (κ2) is 5.91. The van der Waals surface area contributed by atoms with Crippen molar-refractivity contribution in [3.8, 4) is 0 Å². The van der Waals surface area contributed by atoms with E-state index >= 15 is 0 Å². The third-order valence-electron chi connectivity index (χ3n) is 2.29. The molecule has 18 heavy (non-hydrogen) atoms. The molecule has 0 unspecified atom stereocenters. The Bertz CT molecular complexity index is 582. The van der Waals surface area contributed by atoms with Crippen molar-refractivity contribution in [1.82, 2.24) is 0 Å². The van der Waals surface area contributed by atoms with E-state index in [1.54, 1.807) is 11.8 Å². The van der Waals surface area contributed by atoms with E-state index in [9.17, 15) is 0 Å². The Morgan fingerprint density at radius 2 is 1.72 bits per heavy atom. The number of amidine groups is 1. The molecule has 0 heterocycles. The predicted octanol–water partition coefficient (Wildman–Crippen LogP) is 4.65. The van der Waals surface area contributed by atoms with Gasteiger partial charge in [0.25, 0.3) is 0 Å². The summed E-state index contributed by atoms with van der Waals surface area (Å²) < 4.78 is 1.89. The van der Waals surface area contributed by atoms with E-state index < -0.39 is 0 Å². The minimum Gasteiger partial charge on any atom is -0.384 e. The van der Waals surface area contributed by atoms with Gasteiger partial charge in [-0.1, -0.05) is 33.8 Å². The lowest BCUT2D eigenvalue weighted by atomic mass is 10.2. The van der Waals surface area contributed by atoms with Crippen LogP contribution in [-0.2, 0) is 0 Å². The highest BCUT2D eigenvalue weighted by molar-refractivity contribution is 9.10. The van der Waals surface area contributed by atoms with Crippen LogP contribution >= 0.6 is 43.6 Å². The molecular weight excluding hydrogens is 376 g/mol. The van der Waals surface area contributed by atoms with Crippen LogP contribution in [0.5, 0.6) is 0 Å². The summed E-state index contributed by atoms with van der Waals surface area (Å²) >= 11 is 8.43. The van der Waals surface area contributed by atoms with Gasteiger partial charge >= 0.3 is 0 Å². The molecule has 0 aliphatic heterocycles. The van der Waals surface area contributed by atoms with E-state index in [4.69, 9.17) is 11.1 Å². The fourth-order valence-electron chi connectivity index (χ4n) is 1.48. The Morgan fingerprint density at radius 3 is 2.33 bits per heavy atom. The van der Waals surface area contributed by atoms with Gasteiger partial charge in [0.05, 0.1) is 0 Å². The molecule has 3 N–H and O–H groups in total. The first-order valence-corrected chi connectivity index (χ1v) is 7.54. The Kier molecular flexibility index (Phi) is 4.48. The Labute approximate surface area is 127 Å². The highest BCUT2D eigenvalue weighted by atomic mass is 79.9. The second-order valence-electron chi connectivity index (χ2n) is 3.58. The molecule has 92 valence electrons. The Hall–Kier alpha value is -0.780. The summed E-state index contributed by atoms with van der Waals surface area (Å²) in [6, 6.07) is 13.8. The number of nitrogen functional groups attached to an aromatic ring is 1. The molecule has 0 saturated heterocycles. The monoisotopic (exact) mass is 384 g/mol. The summed E-state index contributed by atoms with van der Waals surface area (Å²) in [5, 5.41) is 7.64. The van der Waals surface area contributed by atoms with Crippen LogP contribution in [-0.4, -0.2) is 5.84 Å². The molecule has 0 fully saturated rings. The van der Waals surface area contributed by atoms with Gasteiger partial charge in [-0.25, -0.2) is 0 Å². The highest BCUT2D eigenvalue weighted by Crippen LogP contribution is 2.34. The number of nitrogens with two attached hydrogens (primary N) is 1. The van der Waals surface area contributed by atoms with Gasteiger partial charge in [0, 0.05) is 24.3 Å². The summed E-state index contributed by atoms with van der Waals surface area (Å²) in [6.45, 7) is 0. The lowest BCUT2D eigenvalue weighted by molar-refractivity contribution is 1.31. The number of benzene rings is 2. The quantitative estimate of drug-likeness (QED) is 0.596. The van der Waals surface area contributed by atoms with Gasteiger partial charge in [-0.15, -0.1) is 0 Å². The summed E-state index contributed by atoms with van der Waals surface area (Å²) in [7, 11) is 0. The van der Waals surface area contributed by atoms with E-state index in [1.807, 2.05) is 42.5 Å². The number of hydrogen-bond donors (Lipinski definition) is 2. The van der Waals surface area contributed by atoms with E-state index in [0.29, 0.717) is 0 Å². The van der Waals surface area contributed by atoms with Crippen LogP contribution in [0.3, 0.4) is 0 Å². The molecule has 0 aromatic heterocycles. The normalized spacial score (nSPS) is 10.3. The van der Waals surface area contributed by atoms with Crippen LogP contribution in [0.15, 0.2) is 61.2 Å². The van der Waals surface area contributed by atoms with Gasteiger partial charge in [-0.3, -0.25) is 5.41 Å². The molecule has 2 rings (SSSR count). The number of halogens is 2. The number of rotatable bonds is 3. The van der Waals surface area contributed by atoms with Gasteiger partial charge in [0.2, 0.25) is 0 Å². The first-order chi connectivity index (χ1) is 8.58. The third-order valence-corrected chi connectivity index (χ3v) is 4.54. The first-order valence-electron chi connectivity index (χ1n) is 5.14. The molecule has 2 aromatic rings. The molecule has 0 saturated carbocycles. The van der Waals surface area contributed by atoms with Crippen LogP contribution in [0, 0.1) is 5.41 Å². The highest BCUT2D eigenvalue weighted by Gasteiger charge is 2.10. The van der Waals surface area contributed by atoms with Crippen molar-refractivity contribution < 1.29 is 0 Å². The molecule has 0 atom stereocenters. The molecule has 2 nitrogen and oxygen atoms in total.